The number of anilines is 2. The monoisotopic (exact) mass is 403 g/mol. The summed E-state index contributed by atoms with van der Waals surface area (Å²) in [6, 6.07) is 18.5. The molecule has 0 N–H and O–H groups in total. The summed E-state index contributed by atoms with van der Waals surface area (Å²) in [6.45, 7) is 3.80. The average molecular weight is 404 g/mol. The van der Waals surface area contributed by atoms with Gasteiger partial charge >= 0.3 is 0 Å². The van der Waals surface area contributed by atoms with Crippen molar-refractivity contribution in [3.8, 4) is 17.0 Å². The van der Waals surface area contributed by atoms with E-state index in [2.05, 4.69) is 50.1 Å². The van der Waals surface area contributed by atoms with Crippen LogP contribution in [0.4, 0.5) is 11.5 Å². The molecule has 29 heavy (non-hydrogen) atoms. The van der Waals surface area contributed by atoms with Gasteiger partial charge in [-0.3, -0.25) is 0 Å². The Hall–Kier alpha value is -3.19. The van der Waals surface area contributed by atoms with Crippen LogP contribution >= 0.6 is 11.5 Å². The molecule has 7 heteroatoms. The van der Waals surface area contributed by atoms with Crippen LogP contribution in [-0.2, 0) is 0 Å². The number of para-hydroxylation sites is 1. The van der Waals surface area contributed by atoms with Crippen molar-refractivity contribution in [1.82, 2.24) is 14.3 Å². The molecule has 6 nitrogen and oxygen atoms in total. The fourth-order valence-corrected chi connectivity index (χ4v) is 4.60. The molecule has 0 saturated carbocycles. The van der Waals surface area contributed by atoms with E-state index in [1.54, 1.807) is 13.4 Å². The second-order valence-electron chi connectivity index (χ2n) is 6.94. The standard InChI is InChI=1S/C22H21N5OS/c1-28-18-9-7-16(8-10-18)19-20-21(29-25-19)22(24-15-23-20)27-13-11-26(12-14-27)17-5-3-2-4-6-17/h2-10,15H,11-14H2,1H3. The van der Waals surface area contributed by atoms with E-state index in [-0.39, 0.29) is 0 Å². The topological polar surface area (TPSA) is 54.4 Å². The first-order valence-corrected chi connectivity index (χ1v) is 10.4. The summed E-state index contributed by atoms with van der Waals surface area (Å²) in [4.78, 5) is 13.9. The van der Waals surface area contributed by atoms with Crippen molar-refractivity contribution in [3.63, 3.8) is 0 Å². The quantitative estimate of drug-likeness (QED) is 0.512. The van der Waals surface area contributed by atoms with Gasteiger partial charge in [0.05, 0.1) is 7.11 Å². The number of nitrogens with zero attached hydrogens (tertiary/aromatic N) is 5. The van der Waals surface area contributed by atoms with Gasteiger partial charge in [-0.1, -0.05) is 18.2 Å². The largest absolute Gasteiger partial charge is 0.497 e. The average Bonchev–Trinajstić information content (AvgIpc) is 3.24. The van der Waals surface area contributed by atoms with Crippen molar-refractivity contribution in [2.24, 2.45) is 0 Å². The fraction of sp³-hybridized carbons (Fsp3) is 0.227. The zero-order chi connectivity index (χ0) is 19.6. The molecule has 1 aliphatic rings. The Morgan fingerprint density at radius 1 is 0.862 bits per heavy atom. The van der Waals surface area contributed by atoms with E-state index >= 15 is 0 Å². The number of aromatic nitrogens is 3. The molecule has 1 aliphatic heterocycles. The van der Waals surface area contributed by atoms with Gasteiger partial charge in [0, 0.05) is 37.4 Å². The number of rotatable bonds is 4. The second kappa shape index (κ2) is 7.67. The first-order valence-electron chi connectivity index (χ1n) is 9.63. The third kappa shape index (κ3) is 3.38. The minimum Gasteiger partial charge on any atom is -0.497 e. The smallest absolute Gasteiger partial charge is 0.151 e. The highest BCUT2D eigenvalue weighted by Gasteiger charge is 2.22. The summed E-state index contributed by atoms with van der Waals surface area (Å²) in [6.07, 6.45) is 1.66. The van der Waals surface area contributed by atoms with Crippen molar-refractivity contribution in [2.75, 3.05) is 43.1 Å². The Balaban J connectivity index is 1.41. The molecule has 0 bridgehead atoms. The number of hydrogen-bond donors (Lipinski definition) is 0. The van der Waals surface area contributed by atoms with Gasteiger partial charge in [-0.15, -0.1) is 0 Å². The molecule has 0 atom stereocenters. The van der Waals surface area contributed by atoms with Gasteiger partial charge in [0.25, 0.3) is 0 Å². The van der Waals surface area contributed by atoms with Crippen LogP contribution in [-0.4, -0.2) is 47.6 Å². The van der Waals surface area contributed by atoms with Crippen molar-refractivity contribution >= 4 is 33.3 Å². The zero-order valence-corrected chi connectivity index (χ0v) is 17.0. The molecule has 0 unspecified atom stereocenters. The van der Waals surface area contributed by atoms with E-state index in [0.717, 1.165) is 59.2 Å². The van der Waals surface area contributed by atoms with E-state index in [4.69, 9.17) is 9.11 Å². The predicted octanol–water partition coefficient (Wildman–Crippen LogP) is 4.09. The van der Waals surface area contributed by atoms with Crippen LogP contribution in [0.25, 0.3) is 21.5 Å². The molecule has 0 radical (unpaired) electrons. The molecular formula is C22H21N5OS. The first kappa shape index (κ1) is 17.9. The maximum atomic E-state index is 5.26. The van der Waals surface area contributed by atoms with Crippen LogP contribution in [0.15, 0.2) is 60.9 Å². The Bertz CT molecular complexity index is 1110. The van der Waals surface area contributed by atoms with Crippen LogP contribution in [0, 0.1) is 0 Å². The Morgan fingerprint density at radius 3 is 2.31 bits per heavy atom. The summed E-state index contributed by atoms with van der Waals surface area (Å²) >= 11 is 1.47. The summed E-state index contributed by atoms with van der Waals surface area (Å²) in [5, 5.41) is 0. The molecular weight excluding hydrogens is 382 g/mol. The minimum atomic E-state index is 0.833. The molecule has 2 aromatic heterocycles. The summed E-state index contributed by atoms with van der Waals surface area (Å²) < 4.78 is 11.0. The first-order chi connectivity index (χ1) is 14.3. The van der Waals surface area contributed by atoms with Gasteiger partial charge in [0.2, 0.25) is 0 Å². The molecule has 4 aromatic rings. The van der Waals surface area contributed by atoms with E-state index < -0.39 is 0 Å². The maximum Gasteiger partial charge on any atom is 0.151 e. The van der Waals surface area contributed by atoms with Gasteiger partial charge in [-0.2, -0.15) is 4.37 Å². The number of ether oxygens (including phenoxy) is 1. The molecule has 1 saturated heterocycles. The van der Waals surface area contributed by atoms with E-state index in [0.29, 0.717) is 0 Å². The molecule has 0 amide bonds. The van der Waals surface area contributed by atoms with Gasteiger partial charge in [-0.25, -0.2) is 9.97 Å². The van der Waals surface area contributed by atoms with Crippen LogP contribution in [0.1, 0.15) is 0 Å². The lowest BCUT2D eigenvalue weighted by atomic mass is 10.1. The highest BCUT2D eigenvalue weighted by Crippen LogP contribution is 2.35. The van der Waals surface area contributed by atoms with Crippen molar-refractivity contribution in [2.45, 2.75) is 0 Å². The normalized spacial score (nSPS) is 14.4. The van der Waals surface area contributed by atoms with Crippen LogP contribution < -0.4 is 14.5 Å². The number of methoxy groups -OCH3 is 1. The zero-order valence-electron chi connectivity index (χ0n) is 16.2. The predicted molar refractivity (Wildman–Crippen MR) is 118 cm³/mol. The van der Waals surface area contributed by atoms with Crippen molar-refractivity contribution in [1.29, 1.82) is 0 Å². The highest BCUT2D eigenvalue weighted by molar-refractivity contribution is 7.14. The number of benzene rings is 2. The molecule has 5 rings (SSSR count). The third-order valence-electron chi connectivity index (χ3n) is 5.30. The summed E-state index contributed by atoms with van der Waals surface area (Å²) in [5.41, 5.74) is 4.13. The lowest BCUT2D eigenvalue weighted by molar-refractivity contribution is 0.415. The molecule has 0 aliphatic carbocycles. The summed E-state index contributed by atoms with van der Waals surface area (Å²) in [7, 11) is 1.67. The Morgan fingerprint density at radius 2 is 1.59 bits per heavy atom. The highest BCUT2D eigenvalue weighted by atomic mass is 32.1. The van der Waals surface area contributed by atoms with Gasteiger partial charge in [0.1, 0.15) is 28.0 Å². The fourth-order valence-electron chi connectivity index (χ4n) is 3.73. The minimum absolute atomic E-state index is 0.833. The lowest BCUT2D eigenvalue weighted by Crippen LogP contribution is -2.46. The molecule has 2 aromatic carbocycles. The summed E-state index contributed by atoms with van der Waals surface area (Å²) in [5.74, 6) is 1.82. The molecule has 146 valence electrons. The number of piperazine rings is 1. The van der Waals surface area contributed by atoms with Gasteiger partial charge in [0.15, 0.2) is 5.82 Å². The third-order valence-corrected chi connectivity index (χ3v) is 6.13. The van der Waals surface area contributed by atoms with Crippen LogP contribution in [0.5, 0.6) is 5.75 Å². The van der Waals surface area contributed by atoms with E-state index in [1.165, 1.54) is 17.2 Å². The van der Waals surface area contributed by atoms with E-state index in [1.807, 2.05) is 24.3 Å². The van der Waals surface area contributed by atoms with Crippen molar-refractivity contribution < 1.29 is 4.74 Å². The number of hydrogen-bond acceptors (Lipinski definition) is 7. The lowest BCUT2D eigenvalue weighted by Gasteiger charge is -2.36. The molecule has 1 fully saturated rings. The maximum absolute atomic E-state index is 5.26. The van der Waals surface area contributed by atoms with Crippen LogP contribution in [0.2, 0.25) is 0 Å². The number of fused-ring (bicyclic) bond motifs is 1. The van der Waals surface area contributed by atoms with Gasteiger partial charge < -0.3 is 14.5 Å². The van der Waals surface area contributed by atoms with Crippen LogP contribution in [0.3, 0.4) is 0 Å². The Labute approximate surface area is 173 Å². The second-order valence-corrected chi connectivity index (χ2v) is 7.72. The SMILES string of the molecule is COc1ccc(-c2nsc3c(N4CCN(c5ccccc5)CC4)ncnc23)cc1. The molecule has 0 spiro atoms. The van der Waals surface area contributed by atoms with E-state index in [9.17, 15) is 0 Å². The van der Waals surface area contributed by atoms with Crippen molar-refractivity contribution in [3.05, 3.63) is 60.9 Å². The molecule has 3 heterocycles. The van der Waals surface area contributed by atoms with Gasteiger partial charge in [-0.05, 0) is 47.9 Å². The Kier molecular flexibility index (Phi) is 4.73.